The van der Waals surface area contributed by atoms with E-state index in [1.165, 1.54) is 37.6 Å². The molecule has 1 aromatic carbocycles. The van der Waals surface area contributed by atoms with Gasteiger partial charge in [-0.25, -0.2) is 17.9 Å². The lowest BCUT2D eigenvalue weighted by Gasteiger charge is -2.14. The van der Waals surface area contributed by atoms with Crippen LogP contribution in [0.1, 0.15) is 22.5 Å². The Balaban J connectivity index is 2.02. The summed E-state index contributed by atoms with van der Waals surface area (Å²) in [7, 11) is -2.35. The number of hydrogen-bond donors (Lipinski definition) is 3. The van der Waals surface area contributed by atoms with Gasteiger partial charge in [0.15, 0.2) is 0 Å². The summed E-state index contributed by atoms with van der Waals surface area (Å²) in [5.74, 6) is -1.34. The lowest BCUT2D eigenvalue weighted by Crippen LogP contribution is -2.41. The van der Waals surface area contributed by atoms with Crippen LogP contribution in [0, 0.1) is 0 Å². The molecule has 0 fully saturated rings. The molecule has 1 amide bonds. The van der Waals surface area contributed by atoms with E-state index in [4.69, 9.17) is 14.3 Å². The average molecular weight is 396 g/mol. The highest BCUT2D eigenvalue weighted by atomic mass is 32.2. The van der Waals surface area contributed by atoms with E-state index < -0.39 is 27.9 Å². The highest BCUT2D eigenvalue weighted by molar-refractivity contribution is 7.89. The zero-order valence-electron chi connectivity index (χ0n) is 14.5. The lowest BCUT2D eigenvalue weighted by molar-refractivity contribution is -0.139. The second-order valence-corrected chi connectivity index (χ2v) is 7.34. The van der Waals surface area contributed by atoms with Gasteiger partial charge in [0.2, 0.25) is 10.0 Å². The number of amides is 1. The number of hydrogen-bond acceptors (Lipinski definition) is 6. The van der Waals surface area contributed by atoms with E-state index in [9.17, 15) is 18.0 Å². The van der Waals surface area contributed by atoms with E-state index in [0.717, 1.165) is 0 Å². The predicted octanol–water partition coefficient (Wildman–Crippen LogP) is 0.978. The molecule has 0 aliphatic rings. The third-order valence-electron chi connectivity index (χ3n) is 3.66. The molecule has 1 heterocycles. The minimum atomic E-state index is -3.78. The molecule has 0 bridgehead atoms. The smallest absolute Gasteiger partial charge is 0.326 e. The maximum absolute atomic E-state index is 12.2. The van der Waals surface area contributed by atoms with Crippen molar-refractivity contribution >= 4 is 21.9 Å². The molecule has 1 atom stereocenters. The molecule has 0 saturated heterocycles. The van der Waals surface area contributed by atoms with Crippen molar-refractivity contribution in [2.45, 2.75) is 23.9 Å². The number of rotatable bonds is 10. The number of nitrogens with one attached hydrogen (secondary N) is 2. The van der Waals surface area contributed by atoms with E-state index in [1.54, 1.807) is 12.1 Å². The topological polar surface area (TPSA) is 135 Å². The van der Waals surface area contributed by atoms with Gasteiger partial charge in [0, 0.05) is 25.7 Å². The Kier molecular flexibility index (Phi) is 7.11. The van der Waals surface area contributed by atoms with Gasteiger partial charge in [-0.1, -0.05) is 0 Å². The molecule has 3 N–H and O–H groups in total. The van der Waals surface area contributed by atoms with Crippen LogP contribution in [0.5, 0.6) is 0 Å². The van der Waals surface area contributed by atoms with Crippen LogP contribution in [0.4, 0.5) is 0 Å². The molecule has 2 rings (SSSR count). The number of ether oxygens (including phenoxy) is 1. The normalized spacial score (nSPS) is 12.5. The Bertz CT molecular complexity index is 861. The van der Waals surface area contributed by atoms with E-state index in [0.29, 0.717) is 5.76 Å². The van der Waals surface area contributed by atoms with Crippen molar-refractivity contribution in [3.05, 3.63) is 54.0 Å². The molecule has 1 aromatic heterocycles. The highest BCUT2D eigenvalue weighted by Gasteiger charge is 2.21. The van der Waals surface area contributed by atoms with Gasteiger partial charge in [-0.2, -0.15) is 0 Å². The second kappa shape index (κ2) is 9.31. The Hall–Kier alpha value is -2.69. The molecular weight excluding hydrogens is 376 g/mol. The number of furan rings is 1. The fraction of sp³-hybridized carbons (Fsp3) is 0.294. The SMILES string of the molecule is COCCC(NC(=O)c1ccc(S(=O)(=O)NCc2ccco2)cc1)C(=O)O. The minimum absolute atomic E-state index is 0.00262. The van der Waals surface area contributed by atoms with Crippen LogP contribution in [0.2, 0.25) is 0 Å². The summed E-state index contributed by atoms with van der Waals surface area (Å²) in [6.07, 6.45) is 1.55. The molecule has 0 saturated carbocycles. The summed E-state index contributed by atoms with van der Waals surface area (Å²) in [5, 5.41) is 11.5. The van der Waals surface area contributed by atoms with Crippen LogP contribution < -0.4 is 10.0 Å². The van der Waals surface area contributed by atoms with Crippen molar-refractivity contribution in [2.24, 2.45) is 0 Å². The van der Waals surface area contributed by atoms with Crippen LogP contribution in [-0.4, -0.2) is 45.2 Å². The standard InChI is InChI=1S/C17H20N2O7S/c1-25-10-8-15(17(21)22)19-16(20)12-4-6-14(7-5-12)27(23,24)18-11-13-3-2-9-26-13/h2-7,9,15,18H,8,10-11H2,1H3,(H,19,20)(H,21,22). The van der Waals surface area contributed by atoms with E-state index >= 15 is 0 Å². The Morgan fingerprint density at radius 3 is 2.48 bits per heavy atom. The van der Waals surface area contributed by atoms with Crippen LogP contribution >= 0.6 is 0 Å². The number of aliphatic carboxylic acids is 1. The number of carbonyl (C=O) groups is 2. The van der Waals surface area contributed by atoms with Crippen molar-refractivity contribution in [3.63, 3.8) is 0 Å². The van der Waals surface area contributed by atoms with Crippen molar-refractivity contribution in [1.82, 2.24) is 10.0 Å². The maximum atomic E-state index is 12.2. The van der Waals surface area contributed by atoms with Crippen LogP contribution in [0.3, 0.4) is 0 Å². The average Bonchev–Trinajstić information content (AvgIpc) is 3.17. The zero-order chi connectivity index (χ0) is 19.9. The monoisotopic (exact) mass is 396 g/mol. The Labute approximate surface area is 156 Å². The molecule has 146 valence electrons. The summed E-state index contributed by atoms with van der Waals surface area (Å²) in [4.78, 5) is 23.3. The summed E-state index contributed by atoms with van der Waals surface area (Å²) in [6.45, 7) is 0.174. The number of carboxylic acids is 1. The van der Waals surface area contributed by atoms with Crippen molar-refractivity contribution in [3.8, 4) is 0 Å². The zero-order valence-corrected chi connectivity index (χ0v) is 15.4. The van der Waals surface area contributed by atoms with Crippen molar-refractivity contribution < 1.29 is 32.3 Å². The first-order chi connectivity index (χ1) is 12.8. The van der Waals surface area contributed by atoms with Gasteiger partial charge >= 0.3 is 5.97 Å². The first-order valence-electron chi connectivity index (χ1n) is 7.98. The number of carbonyl (C=O) groups excluding carboxylic acids is 1. The summed E-state index contributed by atoms with van der Waals surface area (Å²) >= 11 is 0. The van der Waals surface area contributed by atoms with E-state index in [2.05, 4.69) is 10.0 Å². The molecular formula is C17H20N2O7S. The van der Waals surface area contributed by atoms with Crippen LogP contribution in [0.25, 0.3) is 0 Å². The van der Waals surface area contributed by atoms with Crippen LogP contribution in [-0.2, 0) is 26.1 Å². The minimum Gasteiger partial charge on any atom is -0.480 e. The maximum Gasteiger partial charge on any atom is 0.326 e. The number of sulfonamides is 1. The largest absolute Gasteiger partial charge is 0.480 e. The summed E-state index contributed by atoms with van der Waals surface area (Å²) < 4.78 is 36.8. The fourth-order valence-electron chi connectivity index (χ4n) is 2.18. The first kappa shape index (κ1) is 20.6. The second-order valence-electron chi connectivity index (χ2n) is 5.57. The Morgan fingerprint density at radius 2 is 1.93 bits per heavy atom. The molecule has 1 unspecified atom stereocenters. The van der Waals surface area contributed by atoms with E-state index in [-0.39, 0.29) is 30.0 Å². The van der Waals surface area contributed by atoms with Gasteiger partial charge in [0.25, 0.3) is 5.91 Å². The molecule has 10 heteroatoms. The molecule has 27 heavy (non-hydrogen) atoms. The fourth-order valence-corrected chi connectivity index (χ4v) is 3.18. The predicted molar refractivity (Wildman–Crippen MR) is 94.6 cm³/mol. The summed E-state index contributed by atoms with van der Waals surface area (Å²) in [6, 6.07) is 7.34. The van der Waals surface area contributed by atoms with Gasteiger partial charge in [0.1, 0.15) is 11.8 Å². The van der Waals surface area contributed by atoms with Crippen molar-refractivity contribution in [2.75, 3.05) is 13.7 Å². The number of methoxy groups -OCH3 is 1. The molecule has 2 aromatic rings. The number of benzene rings is 1. The molecule has 9 nitrogen and oxygen atoms in total. The third-order valence-corrected chi connectivity index (χ3v) is 5.07. The Morgan fingerprint density at radius 1 is 1.22 bits per heavy atom. The summed E-state index contributed by atoms with van der Waals surface area (Å²) in [5.41, 5.74) is 0.142. The molecule has 0 radical (unpaired) electrons. The van der Waals surface area contributed by atoms with Gasteiger partial charge in [-0.15, -0.1) is 0 Å². The van der Waals surface area contributed by atoms with E-state index in [1.807, 2.05) is 0 Å². The molecule has 0 spiro atoms. The van der Waals surface area contributed by atoms with Gasteiger partial charge < -0.3 is 19.6 Å². The molecule has 0 aliphatic heterocycles. The van der Waals surface area contributed by atoms with Gasteiger partial charge in [0.05, 0.1) is 17.7 Å². The van der Waals surface area contributed by atoms with Crippen molar-refractivity contribution in [1.29, 1.82) is 0 Å². The third kappa shape index (κ3) is 5.91. The first-order valence-corrected chi connectivity index (χ1v) is 9.46. The quantitative estimate of drug-likeness (QED) is 0.545. The molecule has 0 aliphatic carbocycles. The lowest BCUT2D eigenvalue weighted by atomic mass is 10.1. The number of carboxylic acid groups (broad SMARTS) is 1. The van der Waals surface area contributed by atoms with Gasteiger partial charge in [-0.3, -0.25) is 4.79 Å². The van der Waals surface area contributed by atoms with Crippen LogP contribution in [0.15, 0.2) is 52.0 Å². The highest BCUT2D eigenvalue weighted by Crippen LogP contribution is 2.12. The van der Waals surface area contributed by atoms with Gasteiger partial charge in [-0.05, 0) is 36.4 Å².